The number of fused-ring (bicyclic) bond motifs is 1. The van der Waals surface area contributed by atoms with Gasteiger partial charge in [-0.05, 0) is 31.6 Å². The molecule has 1 saturated carbocycles. The minimum absolute atomic E-state index is 0.0887. The van der Waals surface area contributed by atoms with Crippen molar-refractivity contribution in [3.8, 4) is 0 Å². The Morgan fingerprint density at radius 3 is 2.74 bits per heavy atom. The van der Waals surface area contributed by atoms with E-state index in [0.29, 0.717) is 11.2 Å². The fourth-order valence-electron chi connectivity index (χ4n) is 5.20. The molecule has 2 fully saturated rings. The van der Waals surface area contributed by atoms with Crippen LogP contribution < -0.4 is 37.6 Å². The minimum Gasteiger partial charge on any atom is -0.462 e. The summed E-state index contributed by atoms with van der Waals surface area (Å²) in [6.07, 6.45) is 3.05. The Morgan fingerprint density at radius 1 is 1.37 bits per heavy atom. The summed E-state index contributed by atoms with van der Waals surface area (Å²) in [5.41, 5.74) is 9.88. The second-order valence-corrected chi connectivity index (χ2v) is 10.8. The predicted molar refractivity (Wildman–Crippen MR) is 136 cm³/mol. The van der Waals surface area contributed by atoms with Crippen LogP contribution in [0.1, 0.15) is 65.5 Å². The van der Waals surface area contributed by atoms with Crippen LogP contribution in [-0.2, 0) is 23.8 Å². The highest BCUT2D eigenvalue weighted by Gasteiger charge is 2.60. The molecule has 0 bridgehead atoms. The number of nitrogens with two attached hydrogens (primary N) is 2. The molecule has 0 unspecified atom stereocenters. The van der Waals surface area contributed by atoms with Gasteiger partial charge in [-0.2, -0.15) is 0 Å². The molecule has 5 atom stereocenters. The lowest BCUT2D eigenvalue weighted by Crippen LogP contribution is -2.53. The Hall–Kier alpha value is -3.15. The van der Waals surface area contributed by atoms with E-state index in [4.69, 9.17) is 25.7 Å². The van der Waals surface area contributed by atoms with Crippen LogP contribution >= 0.6 is 0 Å². The fourth-order valence-corrected chi connectivity index (χ4v) is 5.20. The lowest BCUT2D eigenvalue weighted by atomic mass is 9.87. The number of esters is 2. The quantitative estimate of drug-likeness (QED) is 0.222. The second kappa shape index (κ2) is 11.3. The second-order valence-electron chi connectivity index (χ2n) is 10.8. The molecule has 3 heterocycles. The average molecular weight is 537 g/mol. The van der Waals surface area contributed by atoms with Gasteiger partial charge in [0.1, 0.15) is 25.1 Å². The highest BCUT2D eigenvalue weighted by molar-refractivity contribution is 5.83. The van der Waals surface area contributed by atoms with Gasteiger partial charge in [-0.15, -0.1) is 0 Å². The molecule has 6 N–H and O–H groups in total. The first-order chi connectivity index (χ1) is 18.0. The van der Waals surface area contributed by atoms with Crippen molar-refractivity contribution in [1.82, 2.24) is 24.9 Å². The first kappa shape index (κ1) is 27.9. The van der Waals surface area contributed by atoms with Crippen molar-refractivity contribution in [2.24, 2.45) is 23.3 Å². The Balaban J connectivity index is 1.62. The predicted octanol–water partition coefficient (Wildman–Crippen LogP) is -1.19. The standard InChI is InChI=1S/C25H38FN7O5/c1-13(2)17(27)22(35)36-11-15-19(38-16(34)10-14-8-6-5-7-9-14)25(3,26)23(37-15)33-12-30-18-20(29-4)31-24(28)32-21(18)33/h12-15,17,19,23H,5-11,27H2,1-4H3,(H3,28,29,31,32)/p+1/t15-,17+,19-,23-,25-/m1/s1. The molecule has 3 aliphatic rings. The third kappa shape index (κ3) is 5.64. The van der Waals surface area contributed by atoms with E-state index in [9.17, 15) is 9.59 Å². The number of nitrogens with zero attached hydrogens (tertiary/aromatic N) is 3. The number of rotatable bonds is 9. The molecule has 1 aromatic rings. The largest absolute Gasteiger partial charge is 0.462 e. The molecule has 0 spiro atoms. The Morgan fingerprint density at radius 2 is 2.08 bits per heavy atom. The normalized spacial score (nSPS) is 28.1. The number of ether oxygens (including phenoxy) is 3. The van der Waals surface area contributed by atoms with Crippen molar-refractivity contribution in [2.45, 2.75) is 89.4 Å². The van der Waals surface area contributed by atoms with Crippen LogP contribution in [0.2, 0.25) is 0 Å². The summed E-state index contributed by atoms with van der Waals surface area (Å²) in [7, 11) is 1.68. The van der Waals surface area contributed by atoms with E-state index in [1.54, 1.807) is 20.9 Å². The lowest BCUT2D eigenvalue weighted by Gasteiger charge is -2.28. The van der Waals surface area contributed by atoms with Crippen molar-refractivity contribution >= 4 is 23.7 Å². The third-order valence-electron chi connectivity index (χ3n) is 7.49. The fraction of sp³-hybridized carbons (Fsp3) is 0.720. The maximum atomic E-state index is 16.6. The average Bonchev–Trinajstić information content (AvgIpc) is 3.39. The van der Waals surface area contributed by atoms with Crippen molar-refractivity contribution < 1.29 is 28.2 Å². The topological polar surface area (TPSA) is 170 Å². The highest BCUT2D eigenvalue weighted by Crippen LogP contribution is 2.43. The molecule has 1 saturated heterocycles. The molecular formula is C25H39FN7O5+. The van der Waals surface area contributed by atoms with Crippen LogP contribution in [0.15, 0.2) is 6.33 Å². The van der Waals surface area contributed by atoms with Crippen LogP contribution in [0.3, 0.4) is 0 Å². The van der Waals surface area contributed by atoms with Gasteiger partial charge in [-0.3, -0.25) is 15.3 Å². The van der Waals surface area contributed by atoms with Crippen molar-refractivity contribution in [3.63, 3.8) is 0 Å². The van der Waals surface area contributed by atoms with E-state index in [0.717, 1.165) is 32.1 Å². The zero-order valence-electron chi connectivity index (χ0n) is 22.4. The van der Waals surface area contributed by atoms with Crippen LogP contribution in [0.25, 0.3) is 5.82 Å². The summed E-state index contributed by atoms with van der Waals surface area (Å²) >= 11 is 0. The van der Waals surface area contributed by atoms with Gasteiger partial charge >= 0.3 is 23.4 Å². The molecule has 0 amide bonds. The molecule has 12 nitrogen and oxygen atoms in total. The summed E-state index contributed by atoms with van der Waals surface area (Å²) < 4.78 is 39.5. The van der Waals surface area contributed by atoms with Crippen LogP contribution in [-0.4, -0.2) is 65.0 Å². The number of aromatic nitrogens is 2. The van der Waals surface area contributed by atoms with Gasteiger partial charge in [0.15, 0.2) is 17.3 Å². The molecule has 0 radical (unpaired) electrons. The maximum absolute atomic E-state index is 16.6. The minimum atomic E-state index is -2.22. The lowest BCUT2D eigenvalue weighted by molar-refractivity contribution is -0.163. The smallest absolute Gasteiger partial charge is 0.398 e. The van der Waals surface area contributed by atoms with Gasteiger partial charge in [-0.25, -0.2) is 23.9 Å². The number of nitrogens with one attached hydrogen (secondary N) is 2. The molecule has 13 heteroatoms. The van der Waals surface area contributed by atoms with Gasteiger partial charge < -0.3 is 25.3 Å². The first-order valence-electron chi connectivity index (χ1n) is 13.2. The van der Waals surface area contributed by atoms with Crippen molar-refractivity contribution in [2.75, 3.05) is 13.7 Å². The van der Waals surface area contributed by atoms with Crippen LogP contribution in [0, 0.1) is 11.8 Å². The van der Waals surface area contributed by atoms with E-state index >= 15 is 4.39 Å². The number of halogens is 1. The molecular weight excluding hydrogens is 497 g/mol. The van der Waals surface area contributed by atoms with Gasteiger partial charge in [0.25, 0.3) is 0 Å². The number of hydrogen-bond donors (Lipinski definition) is 4. The van der Waals surface area contributed by atoms with Gasteiger partial charge in [0.05, 0.1) is 0 Å². The maximum Gasteiger partial charge on any atom is 0.398 e. The van der Waals surface area contributed by atoms with E-state index in [-0.39, 0.29) is 36.3 Å². The summed E-state index contributed by atoms with van der Waals surface area (Å²) in [6.45, 7) is 4.54. The SMILES string of the molecule is CNC1=c2ncn([C@@H]3O[C@H](COC(=O)[C@@H](N)C(C)C)[C@@H](OC(=O)CC4CCCCC4)[C@@]3(C)F)c2=[N+]=C(N)N1. The van der Waals surface area contributed by atoms with E-state index in [1.165, 1.54) is 17.8 Å². The first-order valence-corrected chi connectivity index (χ1v) is 13.2. The monoisotopic (exact) mass is 536 g/mol. The van der Waals surface area contributed by atoms with Crippen molar-refractivity contribution in [3.05, 3.63) is 17.2 Å². The summed E-state index contributed by atoms with van der Waals surface area (Å²) in [5.74, 6) is -0.505. The number of carbonyl (C=O) groups is 2. The van der Waals surface area contributed by atoms with Gasteiger partial charge in [-0.1, -0.05) is 33.1 Å². The third-order valence-corrected chi connectivity index (χ3v) is 7.49. The van der Waals surface area contributed by atoms with E-state index in [2.05, 4.69) is 20.3 Å². The number of hydrogen-bond acceptors (Lipinski definition) is 10. The molecule has 0 aromatic carbocycles. The number of imidazole rings is 1. The molecule has 1 aromatic heterocycles. The summed E-state index contributed by atoms with van der Waals surface area (Å²) in [6, 6.07) is -0.850. The number of alkyl halides is 1. The molecule has 2 aliphatic heterocycles. The van der Waals surface area contributed by atoms with Gasteiger partial charge in [0, 0.05) is 13.5 Å². The summed E-state index contributed by atoms with van der Waals surface area (Å²) in [5, 5.41) is 6.23. The zero-order valence-corrected chi connectivity index (χ0v) is 22.4. The summed E-state index contributed by atoms with van der Waals surface area (Å²) in [4.78, 5) is 29.7. The van der Waals surface area contributed by atoms with Crippen LogP contribution in [0.4, 0.5) is 4.39 Å². The molecule has 210 valence electrons. The van der Waals surface area contributed by atoms with Crippen LogP contribution in [0.5, 0.6) is 0 Å². The number of carbonyl (C=O) groups excluding carboxylic acids is 2. The molecule has 4 rings (SSSR count). The highest BCUT2D eigenvalue weighted by atomic mass is 19.1. The van der Waals surface area contributed by atoms with Crippen molar-refractivity contribution in [1.29, 1.82) is 0 Å². The Kier molecular flexibility index (Phi) is 8.29. The van der Waals surface area contributed by atoms with E-state index in [1.807, 2.05) is 0 Å². The van der Waals surface area contributed by atoms with E-state index < -0.39 is 42.1 Å². The molecule has 1 aliphatic carbocycles. The number of guanidine groups is 1. The zero-order chi connectivity index (χ0) is 27.6. The van der Waals surface area contributed by atoms with Gasteiger partial charge in [0.2, 0.25) is 11.9 Å². The Labute approximate surface area is 220 Å². The Bertz CT molecular complexity index is 1200. The molecule has 38 heavy (non-hydrogen) atoms.